The van der Waals surface area contributed by atoms with Gasteiger partial charge in [-0.1, -0.05) is 30.3 Å². The van der Waals surface area contributed by atoms with Gasteiger partial charge in [0, 0.05) is 49.7 Å². The minimum absolute atomic E-state index is 0.167. The summed E-state index contributed by atoms with van der Waals surface area (Å²) < 4.78 is 45.5. The van der Waals surface area contributed by atoms with E-state index >= 15 is 0 Å². The van der Waals surface area contributed by atoms with Crippen molar-refractivity contribution >= 4 is 23.5 Å². The van der Waals surface area contributed by atoms with Crippen LogP contribution in [-0.2, 0) is 11.0 Å². The van der Waals surface area contributed by atoms with Crippen LogP contribution in [0.3, 0.4) is 0 Å². The van der Waals surface area contributed by atoms with Crippen molar-refractivity contribution in [1.82, 2.24) is 14.9 Å². The summed E-state index contributed by atoms with van der Waals surface area (Å²) in [7, 11) is 1.50. The van der Waals surface area contributed by atoms with Gasteiger partial charge in [0.25, 0.3) is 5.91 Å². The van der Waals surface area contributed by atoms with Crippen molar-refractivity contribution in [3.8, 4) is 5.75 Å². The van der Waals surface area contributed by atoms with Gasteiger partial charge < -0.3 is 14.5 Å². The lowest BCUT2D eigenvalue weighted by atomic mass is 9.98. The van der Waals surface area contributed by atoms with Crippen molar-refractivity contribution in [3.63, 3.8) is 0 Å². The van der Waals surface area contributed by atoms with Crippen molar-refractivity contribution in [2.24, 2.45) is 0 Å². The molecule has 1 aromatic heterocycles. The Morgan fingerprint density at radius 1 is 0.971 bits per heavy atom. The molecule has 9 heteroatoms. The van der Waals surface area contributed by atoms with E-state index in [1.165, 1.54) is 19.2 Å². The molecule has 1 saturated heterocycles. The maximum atomic E-state index is 13.6. The van der Waals surface area contributed by atoms with Gasteiger partial charge >= 0.3 is 6.18 Å². The van der Waals surface area contributed by atoms with Gasteiger partial charge in [0.1, 0.15) is 5.75 Å². The van der Waals surface area contributed by atoms with Gasteiger partial charge in [-0.05, 0) is 35.9 Å². The second kappa shape index (κ2) is 9.94. The number of rotatable bonds is 5. The van der Waals surface area contributed by atoms with Gasteiger partial charge in [0.05, 0.1) is 12.7 Å². The maximum Gasteiger partial charge on any atom is 0.416 e. The molecule has 0 spiro atoms. The standard InChI is InChI=1S/C25H23F3N4O2/c1-34-22-9-3-2-6-19(22)17-21(18-7-4-8-20(16-18)25(26,27)28)23(33)31-12-14-32(15-13-31)24-29-10-5-11-30-24/h2-11,16-17H,12-15H2,1H3/b21-17+. The first kappa shape index (κ1) is 23.3. The van der Waals surface area contributed by atoms with Crippen LogP contribution in [0.25, 0.3) is 11.6 Å². The summed E-state index contributed by atoms with van der Waals surface area (Å²) in [6, 6.07) is 13.6. The van der Waals surface area contributed by atoms with Crippen LogP contribution in [0.5, 0.6) is 5.75 Å². The topological polar surface area (TPSA) is 58.6 Å². The van der Waals surface area contributed by atoms with Gasteiger partial charge in [-0.3, -0.25) is 4.79 Å². The third-order valence-electron chi connectivity index (χ3n) is 5.57. The number of hydrogen-bond acceptors (Lipinski definition) is 5. The van der Waals surface area contributed by atoms with Crippen LogP contribution in [0, 0.1) is 0 Å². The molecule has 2 aromatic carbocycles. The van der Waals surface area contributed by atoms with Gasteiger partial charge in [-0.25, -0.2) is 9.97 Å². The Bertz CT molecular complexity index is 1170. The van der Waals surface area contributed by atoms with E-state index in [9.17, 15) is 18.0 Å². The Morgan fingerprint density at radius 3 is 2.35 bits per heavy atom. The predicted octanol–water partition coefficient (Wildman–Crippen LogP) is 4.39. The normalized spacial score (nSPS) is 14.8. The van der Waals surface area contributed by atoms with Crippen molar-refractivity contribution in [1.29, 1.82) is 0 Å². The molecule has 0 saturated carbocycles. The molecule has 1 aliphatic heterocycles. The van der Waals surface area contributed by atoms with Gasteiger partial charge in [0.15, 0.2) is 0 Å². The molecule has 2 heterocycles. The van der Waals surface area contributed by atoms with Crippen molar-refractivity contribution in [3.05, 3.63) is 83.7 Å². The zero-order chi connectivity index (χ0) is 24.1. The average Bonchev–Trinajstić information content (AvgIpc) is 2.87. The number of aromatic nitrogens is 2. The fourth-order valence-electron chi connectivity index (χ4n) is 3.81. The molecule has 176 valence electrons. The van der Waals surface area contributed by atoms with E-state index in [0.29, 0.717) is 43.4 Å². The summed E-state index contributed by atoms with van der Waals surface area (Å²) >= 11 is 0. The van der Waals surface area contributed by atoms with Crippen LogP contribution in [0.15, 0.2) is 67.0 Å². The third kappa shape index (κ3) is 5.19. The number of halogens is 3. The number of methoxy groups -OCH3 is 1. The highest BCUT2D eigenvalue weighted by atomic mass is 19.4. The molecule has 4 rings (SSSR count). The Hall–Kier alpha value is -3.88. The van der Waals surface area contributed by atoms with Crippen LogP contribution >= 0.6 is 0 Å². The average molecular weight is 468 g/mol. The molecule has 1 aliphatic rings. The number of carbonyl (C=O) groups is 1. The van der Waals surface area contributed by atoms with Gasteiger partial charge in [0.2, 0.25) is 5.95 Å². The number of benzene rings is 2. The summed E-state index contributed by atoms with van der Waals surface area (Å²) in [5, 5.41) is 0. The first-order chi connectivity index (χ1) is 16.4. The second-order valence-corrected chi connectivity index (χ2v) is 7.71. The smallest absolute Gasteiger partial charge is 0.416 e. The van der Waals surface area contributed by atoms with Gasteiger partial charge in [-0.15, -0.1) is 0 Å². The van der Waals surface area contributed by atoms with Crippen molar-refractivity contribution < 1.29 is 22.7 Å². The lowest BCUT2D eigenvalue weighted by molar-refractivity contribution is -0.137. The number of hydrogen-bond donors (Lipinski definition) is 0. The molecule has 0 bridgehead atoms. The molecular weight excluding hydrogens is 445 g/mol. The Labute approximate surface area is 195 Å². The summed E-state index contributed by atoms with van der Waals surface area (Å²) in [6.45, 7) is 1.80. The zero-order valence-electron chi connectivity index (χ0n) is 18.5. The molecule has 34 heavy (non-hydrogen) atoms. The molecule has 0 N–H and O–H groups in total. The first-order valence-electron chi connectivity index (χ1n) is 10.7. The number of alkyl halides is 3. The first-order valence-corrected chi connectivity index (χ1v) is 10.7. The maximum absolute atomic E-state index is 13.6. The molecule has 1 fully saturated rings. The van der Waals surface area contributed by atoms with E-state index in [-0.39, 0.29) is 17.0 Å². The molecule has 0 atom stereocenters. The monoisotopic (exact) mass is 468 g/mol. The van der Waals surface area contributed by atoms with Crippen LogP contribution in [0.2, 0.25) is 0 Å². The quantitative estimate of drug-likeness (QED) is 0.411. The molecular formula is C25H23F3N4O2. The van der Waals surface area contributed by atoms with E-state index in [0.717, 1.165) is 12.1 Å². The number of piperazine rings is 1. The fourth-order valence-corrected chi connectivity index (χ4v) is 3.81. The van der Waals surface area contributed by atoms with Crippen LogP contribution in [0.1, 0.15) is 16.7 Å². The number of amides is 1. The minimum atomic E-state index is -4.52. The lowest BCUT2D eigenvalue weighted by Gasteiger charge is -2.35. The molecule has 0 unspecified atom stereocenters. The Kier molecular flexibility index (Phi) is 6.81. The highest BCUT2D eigenvalue weighted by Gasteiger charge is 2.32. The number of para-hydroxylation sites is 1. The zero-order valence-corrected chi connectivity index (χ0v) is 18.5. The Morgan fingerprint density at radius 2 is 1.68 bits per heavy atom. The molecule has 0 aliphatic carbocycles. The Balaban J connectivity index is 1.66. The van der Waals surface area contributed by atoms with E-state index in [1.54, 1.807) is 53.7 Å². The SMILES string of the molecule is COc1ccccc1/C=C(/C(=O)N1CCN(c2ncccn2)CC1)c1cccc(C(F)(F)F)c1. The summed E-state index contributed by atoms with van der Waals surface area (Å²) in [5.74, 6) is 0.752. The molecule has 6 nitrogen and oxygen atoms in total. The number of carbonyl (C=O) groups excluding carboxylic acids is 1. The van der Waals surface area contributed by atoms with Gasteiger partial charge in [-0.2, -0.15) is 13.2 Å². The number of anilines is 1. The minimum Gasteiger partial charge on any atom is -0.496 e. The van der Waals surface area contributed by atoms with Crippen LogP contribution in [0.4, 0.5) is 19.1 Å². The van der Waals surface area contributed by atoms with Crippen LogP contribution < -0.4 is 9.64 Å². The highest BCUT2D eigenvalue weighted by molar-refractivity contribution is 6.24. The van der Waals surface area contributed by atoms with Crippen molar-refractivity contribution in [2.45, 2.75) is 6.18 Å². The molecule has 3 aromatic rings. The summed E-state index contributed by atoms with van der Waals surface area (Å²) in [4.78, 5) is 25.7. The van der Waals surface area contributed by atoms with Crippen LogP contribution in [-0.4, -0.2) is 54.1 Å². The van der Waals surface area contributed by atoms with E-state index in [2.05, 4.69) is 9.97 Å². The highest BCUT2D eigenvalue weighted by Crippen LogP contribution is 2.33. The van der Waals surface area contributed by atoms with Crippen molar-refractivity contribution in [2.75, 3.05) is 38.2 Å². The second-order valence-electron chi connectivity index (χ2n) is 7.71. The number of nitrogens with zero attached hydrogens (tertiary/aromatic N) is 4. The molecule has 1 amide bonds. The molecule has 0 radical (unpaired) electrons. The van der Waals surface area contributed by atoms with E-state index < -0.39 is 11.7 Å². The fraction of sp³-hybridized carbons (Fsp3) is 0.240. The van der Waals surface area contributed by atoms with E-state index in [1.807, 2.05) is 4.90 Å². The third-order valence-corrected chi connectivity index (χ3v) is 5.57. The van der Waals surface area contributed by atoms with E-state index in [4.69, 9.17) is 4.74 Å². The predicted molar refractivity (Wildman–Crippen MR) is 123 cm³/mol. The summed E-state index contributed by atoms with van der Waals surface area (Å²) in [6.07, 6.45) is 0.377. The number of ether oxygens (including phenoxy) is 1. The largest absolute Gasteiger partial charge is 0.496 e. The summed E-state index contributed by atoms with van der Waals surface area (Å²) in [5.41, 5.74) is 0.149. The lowest BCUT2D eigenvalue weighted by Crippen LogP contribution is -2.49.